The molecule has 0 radical (unpaired) electrons. The summed E-state index contributed by atoms with van der Waals surface area (Å²) >= 11 is 5.72. The third-order valence-corrected chi connectivity index (χ3v) is 2.75. The maximum absolute atomic E-state index is 5.72. The van der Waals surface area contributed by atoms with Gasteiger partial charge in [-0.3, -0.25) is 0 Å². The Morgan fingerprint density at radius 2 is 1.76 bits per heavy atom. The minimum Gasteiger partial charge on any atom is -0.340 e. The van der Waals surface area contributed by atoms with Gasteiger partial charge in [0.2, 0.25) is 5.95 Å². The minimum absolute atomic E-state index is 0.464. The predicted molar refractivity (Wildman–Crippen MR) is 72.6 cm³/mol. The van der Waals surface area contributed by atoms with Gasteiger partial charge in [0.15, 0.2) is 0 Å². The van der Waals surface area contributed by atoms with E-state index in [0.29, 0.717) is 5.88 Å². The number of hydrogen-bond acceptors (Lipinski definition) is 4. The molecule has 1 aromatic heterocycles. The van der Waals surface area contributed by atoms with Crippen LogP contribution in [0.5, 0.6) is 0 Å². The number of likely N-dealkylation sites (N-methyl/N-ethyl adjacent to an activating group) is 1. The predicted octanol–water partition coefficient (Wildman–Crippen LogP) is 1.99. The summed E-state index contributed by atoms with van der Waals surface area (Å²) in [6.45, 7) is 5.09. The van der Waals surface area contributed by atoms with Crippen LogP contribution in [0.15, 0.2) is 12.4 Å². The molecule has 0 fully saturated rings. The van der Waals surface area contributed by atoms with Gasteiger partial charge in [-0.15, -0.1) is 11.6 Å². The van der Waals surface area contributed by atoms with Crippen molar-refractivity contribution in [2.45, 2.75) is 19.2 Å². The van der Waals surface area contributed by atoms with Crippen molar-refractivity contribution >= 4 is 17.5 Å². The zero-order chi connectivity index (χ0) is 12.7. The Labute approximate surface area is 109 Å². The smallest absolute Gasteiger partial charge is 0.225 e. The first kappa shape index (κ1) is 14.2. The second kappa shape index (κ2) is 7.45. The highest BCUT2D eigenvalue weighted by Crippen LogP contribution is 2.09. The number of anilines is 1. The Morgan fingerprint density at radius 3 is 2.24 bits per heavy atom. The number of rotatable bonds is 7. The van der Waals surface area contributed by atoms with Gasteiger partial charge in [0.25, 0.3) is 0 Å². The van der Waals surface area contributed by atoms with Crippen molar-refractivity contribution < 1.29 is 0 Å². The molecule has 0 aliphatic carbocycles. The standard InChI is InChI=1S/C12H21ClN4/c1-4-5-17(7-6-16(2)3)12-14-9-11(8-13)10-15-12/h9-10H,4-8H2,1-3H3. The van der Waals surface area contributed by atoms with E-state index in [1.165, 1.54) is 0 Å². The van der Waals surface area contributed by atoms with Crippen LogP contribution in [-0.2, 0) is 5.88 Å². The number of alkyl halides is 1. The molecule has 0 aliphatic rings. The number of nitrogens with zero attached hydrogens (tertiary/aromatic N) is 4. The molecule has 0 aliphatic heterocycles. The summed E-state index contributed by atoms with van der Waals surface area (Å²) in [6.07, 6.45) is 4.69. The first-order valence-electron chi connectivity index (χ1n) is 5.94. The fourth-order valence-electron chi connectivity index (χ4n) is 1.48. The van der Waals surface area contributed by atoms with Gasteiger partial charge in [-0.2, -0.15) is 0 Å². The molecular formula is C12H21ClN4. The minimum atomic E-state index is 0.464. The van der Waals surface area contributed by atoms with E-state index in [2.05, 4.69) is 40.8 Å². The van der Waals surface area contributed by atoms with Gasteiger partial charge in [-0.1, -0.05) is 6.92 Å². The molecule has 0 N–H and O–H groups in total. The van der Waals surface area contributed by atoms with E-state index in [1.54, 1.807) is 12.4 Å². The molecule has 1 aromatic rings. The van der Waals surface area contributed by atoms with E-state index in [0.717, 1.165) is 37.6 Å². The van der Waals surface area contributed by atoms with Crippen LogP contribution >= 0.6 is 11.6 Å². The highest BCUT2D eigenvalue weighted by Gasteiger charge is 2.08. The molecule has 1 rings (SSSR count). The van der Waals surface area contributed by atoms with E-state index in [1.807, 2.05) is 0 Å². The molecule has 1 heterocycles. The van der Waals surface area contributed by atoms with Gasteiger partial charge in [0.05, 0.1) is 5.88 Å². The first-order chi connectivity index (χ1) is 8.17. The summed E-state index contributed by atoms with van der Waals surface area (Å²) in [5.74, 6) is 1.26. The summed E-state index contributed by atoms with van der Waals surface area (Å²) in [7, 11) is 4.14. The first-order valence-corrected chi connectivity index (χ1v) is 6.47. The largest absolute Gasteiger partial charge is 0.340 e. The Bertz CT molecular complexity index is 313. The summed E-state index contributed by atoms with van der Waals surface area (Å²) in [5, 5.41) is 0. The average molecular weight is 257 g/mol. The van der Waals surface area contributed by atoms with Crippen LogP contribution < -0.4 is 4.90 Å². The topological polar surface area (TPSA) is 32.3 Å². The lowest BCUT2D eigenvalue weighted by Crippen LogP contribution is -2.33. The molecule has 0 atom stereocenters. The van der Waals surface area contributed by atoms with E-state index in [-0.39, 0.29) is 0 Å². The Balaban J connectivity index is 2.67. The van der Waals surface area contributed by atoms with Crippen molar-refractivity contribution in [3.63, 3.8) is 0 Å². The van der Waals surface area contributed by atoms with Crippen molar-refractivity contribution in [1.29, 1.82) is 0 Å². The van der Waals surface area contributed by atoms with Crippen LogP contribution in [0, 0.1) is 0 Å². The molecule has 0 bridgehead atoms. The van der Waals surface area contributed by atoms with Crippen LogP contribution in [0.25, 0.3) is 0 Å². The summed E-state index contributed by atoms with van der Waals surface area (Å²) in [5.41, 5.74) is 0.958. The Hall–Kier alpha value is -0.870. The SMILES string of the molecule is CCCN(CCN(C)C)c1ncc(CCl)cn1. The molecule has 4 nitrogen and oxygen atoms in total. The van der Waals surface area contributed by atoms with Crippen molar-refractivity contribution in [3.8, 4) is 0 Å². The molecule has 0 aromatic carbocycles. The molecule has 17 heavy (non-hydrogen) atoms. The molecule has 0 amide bonds. The zero-order valence-electron chi connectivity index (χ0n) is 10.9. The van der Waals surface area contributed by atoms with Crippen molar-refractivity contribution in [3.05, 3.63) is 18.0 Å². The lowest BCUT2D eigenvalue weighted by molar-refractivity contribution is 0.411. The van der Waals surface area contributed by atoms with Gasteiger partial charge < -0.3 is 9.80 Å². The summed E-state index contributed by atoms with van der Waals surface area (Å²) in [4.78, 5) is 13.1. The fraction of sp³-hybridized carbons (Fsp3) is 0.667. The second-order valence-electron chi connectivity index (χ2n) is 4.32. The normalized spacial score (nSPS) is 10.9. The zero-order valence-corrected chi connectivity index (χ0v) is 11.6. The molecule has 0 saturated heterocycles. The molecule has 5 heteroatoms. The summed E-state index contributed by atoms with van der Waals surface area (Å²) in [6, 6.07) is 0. The monoisotopic (exact) mass is 256 g/mol. The van der Waals surface area contributed by atoms with Crippen molar-refractivity contribution in [2.75, 3.05) is 38.6 Å². The third-order valence-electron chi connectivity index (χ3n) is 2.44. The van der Waals surface area contributed by atoms with Gasteiger partial charge >= 0.3 is 0 Å². The quantitative estimate of drug-likeness (QED) is 0.699. The molecule has 0 unspecified atom stereocenters. The molecule has 0 spiro atoms. The number of aromatic nitrogens is 2. The third kappa shape index (κ3) is 4.88. The number of halogens is 1. The van der Waals surface area contributed by atoms with Gasteiger partial charge in [-0.25, -0.2) is 9.97 Å². The van der Waals surface area contributed by atoms with E-state index in [9.17, 15) is 0 Å². The van der Waals surface area contributed by atoms with Gasteiger partial charge in [-0.05, 0) is 20.5 Å². The van der Waals surface area contributed by atoms with Gasteiger partial charge in [0, 0.05) is 37.6 Å². The van der Waals surface area contributed by atoms with Gasteiger partial charge in [0.1, 0.15) is 0 Å². The van der Waals surface area contributed by atoms with E-state index < -0.39 is 0 Å². The van der Waals surface area contributed by atoms with E-state index >= 15 is 0 Å². The summed E-state index contributed by atoms with van der Waals surface area (Å²) < 4.78 is 0. The lowest BCUT2D eigenvalue weighted by Gasteiger charge is -2.23. The van der Waals surface area contributed by atoms with Crippen LogP contribution in [0.2, 0.25) is 0 Å². The highest BCUT2D eigenvalue weighted by atomic mass is 35.5. The van der Waals surface area contributed by atoms with Crippen LogP contribution in [0.3, 0.4) is 0 Å². The maximum atomic E-state index is 5.72. The lowest BCUT2D eigenvalue weighted by atomic mass is 10.4. The van der Waals surface area contributed by atoms with Crippen LogP contribution in [-0.4, -0.2) is 48.6 Å². The Kier molecular flexibility index (Phi) is 6.22. The Morgan fingerprint density at radius 1 is 1.12 bits per heavy atom. The molecule has 0 saturated carbocycles. The molecular weight excluding hydrogens is 236 g/mol. The van der Waals surface area contributed by atoms with Crippen molar-refractivity contribution in [1.82, 2.24) is 14.9 Å². The van der Waals surface area contributed by atoms with E-state index in [4.69, 9.17) is 11.6 Å². The molecule has 96 valence electrons. The fourth-order valence-corrected chi connectivity index (χ4v) is 1.62. The maximum Gasteiger partial charge on any atom is 0.225 e. The van der Waals surface area contributed by atoms with Crippen LogP contribution in [0.4, 0.5) is 5.95 Å². The number of hydrogen-bond donors (Lipinski definition) is 0. The van der Waals surface area contributed by atoms with Crippen LogP contribution in [0.1, 0.15) is 18.9 Å². The average Bonchev–Trinajstić information content (AvgIpc) is 2.34. The van der Waals surface area contributed by atoms with Crippen molar-refractivity contribution in [2.24, 2.45) is 0 Å². The highest BCUT2D eigenvalue weighted by molar-refractivity contribution is 6.17. The second-order valence-corrected chi connectivity index (χ2v) is 4.58.